The zero-order chi connectivity index (χ0) is 32.5. The summed E-state index contributed by atoms with van der Waals surface area (Å²) in [6.45, 7) is 4.90. The third-order valence-corrected chi connectivity index (χ3v) is 9.02. The minimum atomic E-state index is -0.924. The predicted octanol–water partition coefficient (Wildman–Crippen LogP) is 6.18. The van der Waals surface area contributed by atoms with E-state index in [1.165, 1.54) is 25.2 Å². The minimum Gasteiger partial charge on any atom is -0.493 e. The van der Waals surface area contributed by atoms with Crippen LogP contribution < -0.4 is 14.4 Å². The number of esters is 1. The first-order chi connectivity index (χ1) is 22.4. The molecular formula is C34H42N2O9S. The summed E-state index contributed by atoms with van der Waals surface area (Å²) in [7, 11) is 2.88. The van der Waals surface area contributed by atoms with Crippen LogP contribution in [0.25, 0.3) is 5.57 Å². The molecule has 2 aromatic rings. The minimum absolute atomic E-state index is 0.0230. The Balaban J connectivity index is 1.52. The molecule has 12 heteroatoms. The molecule has 0 aliphatic carbocycles. The van der Waals surface area contributed by atoms with Gasteiger partial charge < -0.3 is 33.3 Å². The van der Waals surface area contributed by atoms with Gasteiger partial charge in [-0.1, -0.05) is 18.7 Å². The number of carbonyl (C=O) groups excluding carboxylic acids is 3. The number of hydrogen-bond acceptors (Lipinski definition) is 10. The zero-order valence-corrected chi connectivity index (χ0v) is 27.3. The monoisotopic (exact) mass is 654 g/mol. The second-order valence-electron chi connectivity index (χ2n) is 11.3. The number of fused-ring (bicyclic) bond motifs is 2. The average Bonchev–Trinajstić information content (AvgIpc) is 3.61. The van der Waals surface area contributed by atoms with Crippen molar-refractivity contribution in [2.75, 3.05) is 45.5 Å². The normalized spacial score (nSPS) is 21.0. The molecule has 2 unspecified atom stereocenters. The van der Waals surface area contributed by atoms with Gasteiger partial charge in [-0.25, -0.2) is 9.69 Å². The van der Waals surface area contributed by atoms with E-state index in [0.29, 0.717) is 69.0 Å². The number of carbonyl (C=O) groups is 3. The molecule has 3 atom stereocenters. The lowest BCUT2D eigenvalue weighted by molar-refractivity contribution is -0.196. The summed E-state index contributed by atoms with van der Waals surface area (Å²) in [6.07, 6.45) is 6.84. The molecule has 11 nitrogen and oxygen atoms in total. The second kappa shape index (κ2) is 16.1. The lowest BCUT2D eigenvalue weighted by Gasteiger charge is -2.42. The summed E-state index contributed by atoms with van der Waals surface area (Å²) < 4.78 is 34.8. The van der Waals surface area contributed by atoms with Crippen LogP contribution in [0.15, 0.2) is 47.7 Å². The van der Waals surface area contributed by atoms with Crippen LogP contribution in [0.4, 0.5) is 10.5 Å². The van der Waals surface area contributed by atoms with Crippen molar-refractivity contribution in [1.82, 2.24) is 4.90 Å². The van der Waals surface area contributed by atoms with Gasteiger partial charge in [0.05, 0.1) is 38.1 Å². The van der Waals surface area contributed by atoms with Crippen LogP contribution in [0.1, 0.15) is 67.3 Å². The van der Waals surface area contributed by atoms with E-state index in [1.807, 2.05) is 5.38 Å². The number of hydrogen-bond donors (Lipinski definition) is 0. The molecule has 0 N–H and O–H groups in total. The van der Waals surface area contributed by atoms with E-state index in [0.717, 1.165) is 30.4 Å². The molecular weight excluding hydrogens is 612 g/mol. The number of amides is 2. The van der Waals surface area contributed by atoms with Crippen molar-refractivity contribution in [2.24, 2.45) is 0 Å². The van der Waals surface area contributed by atoms with Gasteiger partial charge in [0.2, 0.25) is 0 Å². The highest BCUT2D eigenvalue weighted by molar-refractivity contribution is 7.08. The fraction of sp³-hybridized carbons (Fsp3) is 0.500. The van der Waals surface area contributed by atoms with Crippen molar-refractivity contribution in [3.63, 3.8) is 0 Å². The first-order valence-electron chi connectivity index (χ1n) is 15.7. The summed E-state index contributed by atoms with van der Waals surface area (Å²) >= 11 is 1.60. The van der Waals surface area contributed by atoms with E-state index in [-0.39, 0.29) is 24.0 Å². The summed E-state index contributed by atoms with van der Waals surface area (Å²) in [5.41, 5.74) is 2.72. The number of nitrogens with zero attached hydrogens (tertiary/aromatic N) is 2. The van der Waals surface area contributed by atoms with Gasteiger partial charge in [0, 0.05) is 25.6 Å². The van der Waals surface area contributed by atoms with Crippen molar-refractivity contribution in [3.05, 3.63) is 58.8 Å². The molecule has 5 rings (SSSR count). The molecule has 3 aliphatic rings. The van der Waals surface area contributed by atoms with Gasteiger partial charge in [-0.2, -0.15) is 11.3 Å². The van der Waals surface area contributed by atoms with Crippen molar-refractivity contribution in [2.45, 2.75) is 69.9 Å². The Kier molecular flexibility index (Phi) is 11.7. The van der Waals surface area contributed by atoms with E-state index >= 15 is 0 Å². The quantitative estimate of drug-likeness (QED) is 0.142. The predicted molar refractivity (Wildman–Crippen MR) is 173 cm³/mol. The molecule has 2 amide bonds. The number of benzene rings is 1. The molecule has 0 bridgehead atoms. The van der Waals surface area contributed by atoms with Gasteiger partial charge in [0.1, 0.15) is 6.61 Å². The SMILES string of the molecule is C=CCOC(=O)N1c2cc(OCCCCCC(=O)OC)c(OC)cc2C(=O)N2CC=C(c3ccsc3)C[C@H]2C1OC1CCCCO1. The summed E-state index contributed by atoms with van der Waals surface area (Å²) in [5, 5.41) is 4.10. The van der Waals surface area contributed by atoms with Gasteiger partial charge in [-0.15, -0.1) is 0 Å². The number of ether oxygens (including phenoxy) is 6. The van der Waals surface area contributed by atoms with E-state index in [2.05, 4.69) is 24.1 Å². The Bertz CT molecular complexity index is 1400. The van der Waals surface area contributed by atoms with Crippen LogP contribution in [0, 0.1) is 0 Å². The lowest BCUT2D eigenvalue weighted by Crippen LogP contribution is -2.57. The van der Waals surface area contributed by atoms with Crippen LogP contribution >= 0.6 is 11.3 Å². The van der Waals surface area contributed by atoms with Crippen LogP contribution in [0.3, 0.4) is 0 Å². The highest BCUT2D eigenvalue weighted by Crippen LogP contribution is 2.43. The molecule has 248 valence electrons. The van der Waals surface area contributed by atoms with Crippen LogP contribution in [-0.4, -0.2) is 82.0 Å². The number of thiophene rings is 1. The third kappa shape index (κ3) is 7.73. The van der Waals surface area contributed by atoms with E-state index in [4.69, 9.17) is 28.4 Å². The van der Waals surface area contributed by atoms with E-state index < -0.39 is 24.7 Å². The van der Waals surface area contributed by atoms with Gasteiger partial charge >= 0.3 is 12.1 Å². The molecule has 0 saturated carbocycles. The Morgan fingerprint density at radius 3 is 2.74 bits per heavy atom. The first kappa shape index (κ1) is 33.5. The standard InChI is InChI=1S/C34H42N2O9S/c1-4-15-44-34(39)36-26-21-29(42-16-8-5-6-10-30(37)41-3)28(40-2)20-25(26)32(38)35-14-12-23(24-13-18-46-22-24)19-27(35)33(36)45-31-11-7-9-17-43-31/h4,12-13,18,20-22,27,31,33H,1,5-11,14-17,19H2,2-3H3/t27-,31?,33?/m0/s1. The summed E-state index contributed by atoms with van der Waals surface area (Å²) in [4.78, 5) is 43.0. The molecule has 1 aromatic carbocycles. The number of anilines is 1. The highest BCUT2D eigenvalue weighted by Gasteiger charge is 2.47. The maximum Gasteiger partial charge on any atom is 0.416 e. The van der Waals surface area contributed by atoms with Crippen LogP contribution in [0.2, 0.25) is 0 Å². The fourth-order valence-corrected chi connectivity index (χ4v) is 6.63. The molecule has 4 heterocycles. The maximum atomic E-state index is 14.4. The lowest BCUT2D eigenvalue weighted by atomic mass is 9.94. The smallest absolute Gasteiger partial charge is 0.416 e. The molecule has 0 radical (unpaired) electrons. The average molecular weight is 655 g/mol. The zero-order valence-electron chi connectivity index (χ0n) is 26.4. The van der Waals surface area contributed by atoms with E-state index in [9.17, 15) is 14.4 Å². The fourth-order valence-electron chi connectivity index (χ4n) is 5.95. The van der Waals surface area contributed by atoms with Crippen molar-refractivity contribution >= 4 is 40.6 Å². The second-order valence-corrected chi connectivity index (χ2v) is 12.1. The Morgan fingerprint density at radius 1 is 1.15 bits per heavy atom. The number of unbranched alkanes of at least 4 members (excludes halogenated alkanes) is 2. The van der Waals surface area contributed by atoms with Crippen LogP contribution in [-0.2, 0) is 23.7 Å². The highest BCUT2D eigenvalue weighted by atomic mass is 32.1. The van der Waals surface area contributed by atoms with E-state index in [1.54, 1.807) is 28.4 Å². The summed E-state index contributed by atoms with van der Waals surface area (Å²) in [6, 6.07) is 4.79. The topological polar surface area (TPSA) is 113 Å². The van der Waals surface area contributed by atoms with Crippen LogP contribution in [0.5, 0.6) is 11.5 Å². The molecule has 0 spiro atoms. The van der Waals surface area contributed by atoms with Crippen molar-refractivity contribution < 1.29 is 42.8 Å². The van der Waals surface area contributed by atoms with Gasteiger partial charge in [0.15, 0.2) is 24.0 Å². The van der Waals surface area contributed by atoms with Gasteiger partial charge in [0.25, 0.3) is 5.91 Å². The Labute approximate surface area is 273 Å². The molecule has 46 heavy (non-hydrogen) atoms. The number of methoxy groups -OCH3 is 2. The largest absolute Gasteiger partial charge is 0.493 e. The Morgan fingerprint density at radius 2 is 2.02 bits per heavy atom. The number of rotatable bonds is 13. The molecule has 1 saturated heterocycles. The van der Waals surface area contributed by atoms with Gasteiger partial charge in [-0.3, -0.25) is 9.59 Å². The van der Waals surface area contributed by atoms with Gasteiger partial charge in [-0.05, 0) is 79.0 Å². The first-order valence-corrected chi connectivity index (χ1v) is 16.7. The molecule has 1 aromatic heterocycles. The van der Waals surface area contributed by atoms with Crippen molar-refractivity contribution in [1.29, 1.82) is 0 Å². The van der Waals surface area contributed by atoms with Crippen molar-refractivity contribution in [3.8, 4) is 11.5 Å². The third-order valence-electron chi connectivity index (χ3n) is 8.33. The maximum absolute atomic E-state index is 14.4. The molecule has 3 aliphatic heterocycles. The Hall–Kier alpha value is -3.87. The molecule has 1 fully saturated rings. The summed E-state index contributed by atoms with van der Waals surface area (Å²) in [5.74, 6) is 0.225.